The second-order valence-electron chi connectivity index (χ2n) is 5.76. The normalized spacial score (nSPS) is 10.8. The number of nitrogens with zero attached hydrogens (tertiary/aromatic N) is 2. The first kappa shape index (κ1) is 17.8. The number of benzene rings is 2. The van der Waals surface area contributed by atoms with Gasteiger partial charge in [0.05, 0.1) is 13.2 Å². The van der Waals surface area contributed by atoms with Gasteiger partial charge in [-0.3, -0.25) is 9.36 Å². The minimum Gasteiger partial charge on any atom is -0.356 e. The van der Waals surface area contributed by atoms with Crippen LogP contribution in [-0.4, -0.2) is 9.13 Å². The summed E-state index contributed by atoms with van der Waals surface area (Å²) in [6, 6.07) is 20.6. The molecule has 1 aromatic heterocycles. The first-order chi connectivity index (χ1) is 12.7. The summed E-state index contributed by atoms with van der Waals surface area (Å²) < 4.78 is 13.5. The van der Waals surface area contributed by atoms with E-state index in [0.29, 0.717) is 13.2 Å². The quantitative estimate of drug-likeness (QED) is 0.624. The molecule has 0 atom stereocenters. The van der Waals surface area contributed by atoms with Crippen molar-refractivity contribution in [3.8, 4) is 0 Å². The van der Waals surface area contributed by atoms with Crippen LogP contribution in [0, 0.1) is 0 Å². The lowest BCUT2D eigenvalue weighted by molar-refractivity contribution is 0.0441. The molecule has 0 spiro atoms. The number of hydrogen-bond acceptors (Lipinski definition) is 4. The molecule has 26 heavy (non-hydrogen) atoms. The Labute approximate surface area is 150 Å². The van der Waals surface area contributed by atoms with Gasteiger partial charge in [0.15, 0.2) is 0 Å². The molecular weight excluding hydrogens is 332 g/mol. The summed E-state index contributed by atoms with van der Waals surface area (Å²) in [4.78, 5) is 24.4. The zero-order valence-corrected chi connectivity index (χ0v) is 14.3. The van der Waals surface area contributed by atoms with E-state index >= 15 is 0 Å². The van der Waals surface area contributed by atoms with Gasteiger partial charge >= 0.3 is 5.69 Å². The highest BCUT2D eigenvalue weighted by Crippen LogP contribution is 2.01. The van der Waals surface area contributed by atoms with E-state index in [4.69, 9.17) is 9.47 Å². The molecule has 6 nitrogen and oxygen atoms in total. The first-order valence-corrected chi connectivity index (χ1v) is 8.27. The molecule has 0 saturated carbocycles. The molecule has 0 aliphatic heterocycles. The van der Waals surface area contributed by atoms with E-state index < -0.39 is 11.2 Å². The van der Waals surface area contributed by atoms with Crippen molar-refractivity contribution >= 4 is 0 Å². The predicted octanol–water partition coefficient (Wildman–Crippen LogP) is 2.36. The van der Waals surface area contributed by atoms with Gasteiger partial charge in [0.2, 0.25) is 0 Å². The Balaban J connectivity index is 1.60. The molecule has 0 aliphatic carbocycles. The zero-order valence-electron chi connectivity index (χ0n) is 14.3. The zero-order chi connectivity index (χ0) is 18.2. The number of ether oxygens (including phenoxy) is 2. The maximum absolute atomic E-state index is 12.4. The number of aromatic nitrogens is 2. The molecule has 3 rings (SSSR count). The van der Waals surface area contributed by atoms with Gasteiger partial charge in [-0.1, -0.05) is 60.7 Å². The molecule has 1 heterocycles. The van der Waals surface area contributed by atoms with Crippen molar-refractivity contribution in [2.24, 2.45) is 0 Å². The van der Waals surface area contributed by atoms with Crippen LogP contribution in [0.15, 0.2) is 82.5 Å². The van der Waals surface area contributed by atoms with Crippen LogP contribution in [0.1, 0.15) is 11.1 Å². The third-order valence-corrected chi connectivity index (χ3v) is 3.81. The molecule has 0 fully saturated rings. The molecule has 0 bridgehead atoms. The molecule has 6 heteroatoms. The van der Waals surface area contributed by atoms with Crippen molar-refractivity contribution in [1.82, 2.24) is 9.13 Å². The average molecular weight is 352 g/mol. The first-order valence-electron chi connectivity index (χ1n) is 8.27. The Kier molecular flexibility index (Phi) is 6.14. The molecule has 0 amide bonds. The lowest BCUT2D eigenvalue weighted by Gasteiger charge is -2.11. The standard InChI is InChI=1S/C20H20N2O4/c23-19-11-12-21(15-25-13-17-7-3-1-4-8-17)20(24)22(19)16-26-14-18-9-5-2-6-10-18/h1-12H,13-16H2. The summed E-state index contributed by atoms with van der Waals surface area (Å²) in [5, 5.41) is 0. The smallest absolute Gasteiger partial charge is 0.334 e. The van der Waals surface area contributed by atoms with Gasteiger partial charge < -0.3 is 9.47 Å². The summed E-state index contributed by atoms with van der Waals surface area (Å²) in [7, 11) is 0. The topological polar surface area (TPSA) is 62.5 Å². The molecule has 0 radical (unpaired) electrons. The molecule has 134 valence electrons. The maximum Gasteiger partial charge on any atom is 0.334 e. The Morgan fingerprint density at radius 2 is 1.23 bits per heavy atom. The second kappa shape index (κ2) is 8.94. The number of rotatable bonds is 8. The van der Waals surface area contributed by atoms with Gasteiger partial charge in [-0.05, 0) is 11.1 Å². The minimum absolute atomic E-state index is 0.0622. The highest BCUT2D eigenvalue weighted by molar-refractivity contribution is 5.14. The fourth-order valence-corrected chi connectivity index (χ4v) is 2.44. The maximum atomic E-state index is 12.4. The third kappa shape index (κ3) is 4.78. The monoisotopic (exact) mass is 352 g/mol. The molecule has 0 saturated heterocycles. The van der Waals surface area contributed by atoms with Crippen LogP contribution in [0.4, 0.5) is 0 Å². The van der Waals surface area contributed by atoms with Gasteiger partial charge in [-0.15, -0.1) is 0 Å². The SMILES string of the molecule is O=c1ccn(COCc2ccccc2)c(=O)n1COCc1ccccc1. The van der Waals surface area contributed by atoms with Gasteiger partial charge in [-0.25, -0.2) is 9.36 Å². The summed E-state index contributed by atoms with van der Waals surface area (Å²) in [5.74, 6) is 0. The molecule has 2 aromatic carbocycles. The minimum atomic E-state index is -0.460. The molecule has 0 aliphatic rings. The van der Waals surface area contributed by atoms with Crippen LogP contribution in [0.5, 0.6) is 0 Å². The Morgan fingerprint density at radius 1 is 0.692 bits per heavy atom. The van der Waals surface area contributed by atoms with E-state index in [0.717, 1.165) is 15.7 Å². The van der Waals surface area contributed by atoms with Crippen LogP contribution in [-0.2, 0) is 36.1 Å². The van der Waals surface area contributed by atoms with Crippen molar-refractivity contribution in [2.45, 2.75) is 26.7 Å². The molecule has 3 aromatic rings. The van der Waals surface area contributed by atoms with E-state index in [2.05, 4.69) is 0 Å². The Bertz CT molecular complexity index is 933. The Morgan fingerprint density at radius 3 is 1.81 bits per heavy atom. The van der Waals surface area contributed by atoms with Crippen LogP contribution >= 0.6 is 0 Å². The molecule has 0 unspecified atom stereocenters. The van der Waals surface area contributed by atoms with Gasteiger partial charge in [0.25, 0.3) is 5.56 Å². The predicted molar refractivity (Wildman–Crippen MR) is 97.4 cm³/mol. The van der Waals surface area contributed by atoms with Gasteiger partial charge in [-0.2, -0.15) is 0 Å². The van der Waals surface area contributed by atoms with Crippen molar-refractivity contribution in [2.75, 3.05) is 0 Å². The third-order valence-electron chi connectivity index (χ3n) is 3.81. The lowest BCUT2D eigenvalue weighted by Crippen LogP contribution is -2.39. The second-order valence-corrected chi connectivity index (χ2v) is 5.76. The van der Waals surface area contributed by atoms with E-state index in [1.165, 1.54) is 16.8 Å². The van der Waals surface area contributed by atoms with E-state index in [1.54, 1.807) is 0 Å². The van der Waals surface area contributed by atoms with E-state index in [-0.39, 0.29) is 13.5 Å². The van der Waals surface area contributed by atoms with Crippen LogP contribution in [0.3, 0.4) is 0 Å². The van der Waals surface area contributed by atoms with Crippen molar-refractivity contribution in [1.29, 1.82) is 0 Å². The summed E-state index contributed by atoms with van der Waals surface area (Å²) in [6.45, 7) is 0.668. The largest absolute Gasteiger partial charge is 0.356 e. The fourth-order valence-electron chi connectivity index (χ4n) is 2.44. The van der Waals surface area contributed by atoms with E-state index in [9.17, 15) is 9.59 Å². The highest BCUT2D eigenvalue weighted by atomic mass is 16.5. The van der Waals surface area contributed by atoms with E-state index in [1.807, 2.05) is 60.7 Å². The molecule has 0 N–H and O–H groups in total. The van der Waals surface area contributed by atoms with Crippen molar-refractivity contribution in [3.05, 3.63) is 105 Å². The number of hydrogen-bond donors (Lipinski definition) is 0. The fraction of sp³-hybridized carbons (Fsp3) is 0.200. The van der Waals surface area contributed by atoms with Gasteiger partial charge in [0, 0.05) is 12.3 Å². The van der Waals surface area contributed by atoms with Crippen LogP contribution in [0.2, 0.25) is 0 Å². The summed E-state index contributed by atoms with van der Waals surface area (Å²) >= 11 is 0. The highest BCUT2D eigenvalue weighted by Gasteiger charge is 2.06. The van der Waals surface area contributed by atoms with Crippen LogP contribution in [0.25, 0.3) is 0 Å². The van der Waals surface area contributed by atoms with Crippen molar-refractivity contribution < 1.29 is 9.47 Å². The summed E-state index contributed by atoms with van der Waals surface area (Å²) in [5.41, 5.74) is 1.13. The van der Waals surface area contributed by atoms with Crippen LogP contribution < -0.4 is 11.2 Å². The van der Waals surface area contributed by atoms with Gasteiger partial charge in [0.1, 0.15) is 13.5 Å². The van der Waals surface area contributed by atoms with Crippen molar-refractivity contribution in [3.63, 3.8) is 0 Å². The Hall–Kier alpha value is -2.96. The summed E-state index contributed by atoms with van der Waals surface area (Å²) in [6.07, 6.45) is 1.43. The lowest BCUT2D eigenvalue weighted by atomic mass is 10.2. The average Bonchev–Trinajstić information content (AvgIpc) is 2.68. The molecular formula is C20H20N2O4.